The highest BCUT2D eigenvalue weighted by Crippen LogP contribution is 2.22. The van der Waals surface area contributed by atoms with Crippen molar-refractivity contribution in [2.24, 2.45) is 0 Å². The Bertz CT molecular complexity index is 557. The van der Waals surface area contributed by atoms with Gasteiger partial charge in [-0.05, 0) is 24.6 Å². The number of nitrogens with zero attached hydrogens (tertiary/aromatic N) is 1. The van der Waals surface area contributed by atoms with E-state index in [2.05, 4.69) is 0 Å². The molecule has 0 fully saturated rings. The highest BCUT2D eigenvalue weighted by atomic mass is 16.4. The van der Waals surface area contributed by atoms with Crippen LogP contribution in [0.2, 0.25) is 0 Å². The normalized spacial score (nSPS) is 14.9. The van der Waals surface area contributed by atoms with Crippen LogP contribution in [0.25, 0.3) is 0 Å². The van der Waals surface area contributed by atoms with Crippen molar-refractivity contribution in [1.82, 2.24) is 0 Å². The van der Waals surface area contributed by atoms with Crippen LogP contribution in [-0.2, 0) is 20.8 Å². The van der Waals surface area contributed by atoms with Crippen LogP contribution in [0.15, 0.2) is 35.9 Å². The fourth-order valence-electron chi connectivity index (χ4n) is 1.77. The largest absolute Gasteiger partial charge is 0.481 e. The number of carbonyl (C=O) groups excluding carboxylic acids is 2. The molecule has 5 heteroatoms. The van der Waals surface area contributed by atoms with E-state index in [9.17, 15) is 14.4 Å². The van der Waals surface area contributed by atoms with Gasteiger partial charge in [0.1, 0.15) is 0 Å². The second-order valence-electron chi connectivity index (χ2n) is 4.04. The summed E-state index contributed by atoms with van der Waals surface area (Å²) in [4.78, 5) is 34.9. The van der Waals surface area contributed by atoms with Crippen LogP contribution in [0.5, 0.6) is 0 Å². The summed E-state index contributed by atoms with van der Waals surface area (Å²) in [6.07, 6.45) is 1.20. The van der Waals surface area contributed by atoms with Gasteiger partial charge in [0.15, 0.2) is 0 Å². The first-order valence-corrected chi connectivity index (χ1v) is 5.36. The summed E-state index contributed by atoms with van der Waals surface area (Å²) in [7, 11) is 0. The van der Waals surface area contributed by atoms with E-state index in [0.717, 1.165) is 4.90 Å². The standard InChI is InChI=1S/C13H11NO4/c1-8-6-11(15)14(13(8)18)10-4-2-9(3-5-10)7-12(16)17/h2-6H,7H2,1H3,(H,16,17). The predicted octanol–water partition coefficient (Wildman–Crippen LogP) is 1.13. The molecule has 1 aromatic carbocycles. The number of carboxylic acids is 1. The number of benzene rings is 1. The number of hydrogen-bond donors (Lipinski definition) is 1. The molecule has 18 heavy (non-hydrogen) atoms. The van der Waals surface area contributed by atoms with Gasteiger partial charge in [0.05, 0.1) is 12.1 Å². The molecule has 5 nitrogen and oxygen atoms in total. The molecule has 2 rings (SSSR count). The van der Waals surface area contributed by atoms with Gasteiger partial charge >= 0.3 is 5.97 Å². The second-order valence-corrected chi connectivity index (χ2v) is 4.04. The minimum absolute atomic E-state index is 0.0839. The van der Waals surface area contributed by atoms with Crippen molar-refractivity contribution < 1.29 is 19.5 Å². The van der Waals surface area contributed by atoms with Gasteiger partial charge in [0, 0.05) is 11.6 Å². The van der Waals surface area contributed by atoms with E-state index in [1.54, 1.807) is 31.2 Å². The van der Waals surface area contributed by atoms with E-state index >= 15 is 0 Å². The number of carboxylic acid groups (broad SMARTS) is 1. The van der Waals surface area contributed by atoms with Crippen molar-refractivity contribution in [3.63, 3.8) is 0 Å². The molecule has 92 valence electrons. The van der Waals surface area contributed by atoms with Crippen molar-refractivity contribution in [3.05, 3.63) is 41.5 Å². The molecule has 1 N–H and O–H groups in total. The van der Waals surface area contributed by atoms with Gasteiger partial charge in [-0.3, -0.25) is 14.4 Å². The third-order valence-corrected chi connectivity index (χ3v) is 2.65. The minimum Gasteiger partial charge on any atom is -0.481 e. The number of amides is 2. The highest BCUT2D eigenvalue weighted by molar-refractivity contribution is 6.30. The lowest BCUT2D eigenvalue weighted by Crippen LogP contribution is -2.30. The molecule has 0 spiro atoms. The first-order chi connectivity index (χ1) is 8.49. The Morgan fingerprint density at radius 3 is 2.28 bits per heavy atom. The van der Waals surface area contributed by atoms with Crippen LogP contribution in [0.4, 0.5) is 5.69 Å². The SMILES string of the molecule is CC1=CC(=O)N(c2ccc(CC(=O)O)cc2)C1=O. The maximum Gasteiger partial charge on any atom is 0.307 e. The van der Waals surface area contributed by atoms with Crippen LogP contribution in [0.1, 0.15) is 12.5 Å². The number of imide groups is 1. The molecule has 1 aliphatic heterocycles. The average molecular weight is 245 g/mol. The third-order valence-electron chi connectivity index (χ3n) is 2.65. The van der Waals surface area contributed by atoms with Crippen molar-refractivity contribution in [2.45, 2.75) is 13.3 Å². The fraction of sp³-hybridized carbons (Fsp3) is 0.154. The van der Waals surface area contributed by atoms with E-state index in [0.29, 0.717) is 16.8 Å². The molecule has 1 heterocycles. The minimum atomic E-state index is -0.923. The van der Waals surface area contributed by atoms with Gasteiger partial charge in [-0.2, -0.15) is 0 Å². The van der Waals surface area contributed by atoms with Gasteiger partial charge in [0.25, 0.3) is 11.8 Å². The molecule has 0 saturated heterocycles. The van der Waals surface area contributed by atoms with Crippen molar-refractivity contribution in [3.8, 4) is 0 Å². The molecule has 0 atom stereocenters. The fourth-order valence-corrected chi connectivity index (χ4v) is 1.77. The zero-order valence-corrected chi connectivity index (χ0v) is 9.71. The van der Waals surface area contributed by atoms with E-state index in [1.165, 1.54) is 6.08 Å². The molecule has 1 aliphatic rings. The highest BCUT2D eigenvalue weighted by Gasteiger charge is 2.29. The van der Waals surface area contributed by atoms with Gasteiger partial charge in [-0.1, -0.05) is 12.1 Å². The summed E-state index contributed by atoms with van der Waals surface area (Å²) in [5.74, 6) is -1.64. The van der Waals surface area contributed by atoms with E-state index in [-0.39, 0.29) is 18.2 Å². The summed E-state index contributed by atoms with van der Waals surface area (Å²) < 4.78 is 0. The topological polar surface area (TPSA) is 74.7 Å². The van der Waals surface area contributed by atoms with Crippen molar-refractivity contribution in [1.29, 1.82) is 0 Å². The smallest absolute Gasteiger partial charge is 0.307 e. The Balaban J connectivity index is 2.23. The van der Waals surface area contributed by atoms with Gasteiger partial charge in [-0.25, -0.2) is 4.90 Å². The Morgan fingerprint density at radius 2 is 1.83 bits per heavy atom. The molecule has 0 radical (unpaired) electrons. The lowest BCUT2D eigenvalue weighted by Gasteiger charge is -2.14. The Morgan fingerprint density at radius 1 is 1.22 bits per heavy atom. The summed E-state index contributed by atoms with van der Waals surface area (Å²) in [5.41, 5.74) is 1.47. The average Bonchev–Trinajstić information content (AvgIpc) is 2.54. The van der Waals surface area contributed by atoms with Gasteiger partial charge in [0.2, 0.25) is 0 Å². The molecule has 0 aliphatic carbocycles. The summed E-state index contributed by atoms with van der Waals surface area (Å²) in [6.45, 7) is 1.58. The zero-order chi connectivity index (χ0) is 13.3. The summed E-state index contributed by atoms with van der Waals surface area (Å²) >= 11 is 0. The number of carbonyl (C=O) groups is 3. The third kappa shape index (κ3) is 2.15. The molecule has 0 bridgehead atoms. The van der Waals surface area contributed by atoms with E-state index in [1.807, 2.05) is 0 Å². The predicted molar refractivity (Wildman–Crippen MR) is 64.0 cm³/mol. The van der Waals surface area contributed by atoms with Crippen LogP contribution in [-0.4, -0.2) is 22.9 Å². The molecule has 0 saturated carbocycles. The maximum absolute atomic E-state index is 11.7. The summed E-state index contributed by atoms with van der Waals surface area (Å²) in [6, 6.07) is 6.33. The van der Waals surface area contributed by atoms with Crippen LogP contribution in [0.3, 0.4) is 0 Å². The molecule has 0 unspecified atom stereocenters. The Labute approximate surface area is 103 Å². The maximum atomic E-state index is 11.7. The van der Waals surface area contributed by atoms with Crippen LogP contribution < -0.4 is 4.90 Å². The zero-order valence-electron chi connectivity index (χ0n) is 9.71. The van der Waals surface area contributed by atoms with E-state index in [4.69, 9.17) is 5.11 Å². The molecule has 1 aromatic rings. The van der Waals surface area contributed by atoms with Crippen LogP contribution in [0, 0.1) is 0 Å². The molecule has 0 aromatic heterocycles. The molecular weight excluding hydrogens is 234 g/mol. The van der Waals surface area contributed by atoms with Crippen LogP contribution >= 0.6 is 0 Å². The lowest BCUT2D eigenvalue weighted by molar-refractivity contribution is -0.136. The first-order valence-electron chi connectivity index (χ1n) is 5.36. The van der Waals surface area contributed by atoms with Crippen molar-refractivity contribution in [2.75, 3.05) is 4.90 Å². The summed E-state index contributed by atoms with van der Waals surface area (Å²) in [5, 5.41) is 8.64. The quantitative estimate of drug-likeness (QED) is 0.810. The van der Waals surface area contributed by atoms with Gasteiger partial charge < -0.3 is 5.11 Å². The number of rotatable bonds is 3. The Kier molecular flexibility index (Phi) is 2.97. The molecule has 2 amide bonds. The molecular formula is C13H11NO4. The van der Waals surface area contributed by atoms with Gasteiger partial charge in [-0.15, -0.1) is 0 Å². The first kappa shape index (κ1) is 12.0. The number of aliphatic carboxylic acids is 1. The monoisotopic (exact) mass is 245 g/mol. The van der Waals surface area contributed by atoms with Crippen molar-refractivity contribution >= 4 is 23.5 Å². The second kappa shape index (κ2) is 4.44. The lowest BCUT2D eigenvalue weighted by atomic mass is 10.1. The number of anilines is 1. The number of hydrogen-bond acceptors (Lipinski definition) is 3. The van der Waals surface area contributed by atoms with E-state index < -0.39 is 5.97 Å². The Hall–Kier alpha value is -2.43.